The molecule has 2 aromatic rings. The van der Waals surface area contributed by atoms with Crippen molar-refractivity contribution in [3.63, 3.8) is 0 Å². The zero-order valence-electron chi connectivity index (χ0n) is 14.5. The summed E-state index contributed by atoms with van der Waals surface area (Å²) in [6, 6.07) is 0.285. The lowest BCUT2D eigenvalue weighted by Gasteiger charge is -2.23. The summed E-state index contributed by atoms with van der Waals surface area (Å²) in [5, 5.41) is 12.8. The Labute approximate surface area is 136 Å². The van der Waals surface area contributed by atoms with Crippen LogP contribution in [0.5, 0.6) is 5.88 Å². The van der Waals surface area contributed by atoms with Crippen LogP contribution in [0.25, 0.3) is 0 Å². The lowest BCUT2D eigenvalue weighted by atomic mass is 10.1. The Kier molecular flexibility index (Phi) is 4.39. The first-order valence-corrected chi connectivity index (χ1v) is 8.15. The molecule has 7 heteroatoms. The highest BCUT2D eigenvalue weighted by Gasteiger charge is 2.33. The van der Waals surface area contributed by atoms with Gasteiger partial charge in [-0.3, -0.25) is 4.90 Å². The van der Waals surface area contributed by atoms with E-state index in [1.54, 1.807) is 7.11 Å². The van der Waals surface area contributed by atoms with Gasteiger partial charge in [-0.05, 0) is 26.3 Å². The van der Waals surface area contributed by atoms with E-state index in [1.807, 2.05) is 18.7 Å². The molecule has 0 N–H and O–H groups in total. The molecular formula is C16H25N5O2. The summed E-state index contributed by atoms with van der Waals surface area (Å²) in [6.07, 6.45) is 2.24. The molecule has 7 nitrogen and oxygen atoms in total. The highest BCUT2D eigenvalue weighted by molar-refractivity contribution is 5.35. The first-order chi connectivity index (χ1) is 11.0. The van der Waals surface area contributed by atoms with Gasteiger partial charge in [-0.15, -0.1) is 10.2 Å². The van der Waals surface area contributed by atoms with E-state index in [0.717, 1.165) is 31.0 Å². The zero-order chi connectivity index (χ0) is 16.6. The van der Waals surface area contributed by atoms with Crippen molar-refractivity contribution in [3.05, 3.63) is 23.0 Å². The number of methoxy groups -OCH3 is 1. The Morgan fingerprint density at radius 3 is 2.78 bits per heavy atom. The number of hydrogen-bond donors (Lipinski definition) is 0. The minimum Gasteiger partial charge on any atom is -0.481 e. The Morgan fingerprint density at radius 2 is 2.13 bits per heavy atom. The first kappa shape index (κ1) is 16.0. The number of nitrogens with zero attached hydrogens (tertiary/aromatic N) is 5. The van der Waals surface area contributed by atoms with Crippen LogP contribution in [0.4, 0.5) is 0 Å². The molecule has 23 heavy (non-hydrogen) atoms. The maximum atomic E-state index is 5.77. The number of aromatic nitrogens is 4. The molecule has 1 saturated heterocycles. The molecular weight excluding hydrogens is 294 g/mol. The van der Waals surface area contributed by atoms with Crippen LogP contribution >= 0.6 is 0 Å². The van der Waals surface area contributed by atoms with E-state index in [-0.39, 0.29) is 12.0 Å². The minimum atomic E-state index is 0.256. The quantitative estimate of drug-likeness (QED) is 0.843. The van der Waals surface area contributed by atoms with Crippen LogP contribution in [0.3, 0.4) is 0 Å². The Morgan fingerprint density at radius 1 is 1.35 bits per heavy atom. The molecule has 2 aromatic heterocycles. The standard InChI is InChI=1S/C16H25N5O2/c1-10(2)15-18-17-13(23-15)9-21-8-6-7-12(21)14-11(3)19-20(4)16(14)22-5/h10,12H,6-9H2,1-5H3/t12-/m1/s1. The van der Waals surface area contributed by atoms with Crippen molar-refractivity contribution in [1.82, 2.24) is 24.9 Å². The van der Waals surface area contributed by atoms with Crippen LogP contribution in [0.1, 0.15) is 61.7 Å². The van der Waals surface area contributed by atoms with E-state index in [0.29, 0.717) is 18.3 Å². The van der Waals surface area contributed by atoms with Gasteiger partial charge in [0.05, 0.1) is 24.9 Å². The van der Waals surface area contributed by atoms with Gasteiger partial charge in [-0.25, -0.2) is 4.68 Å². The predicted molar refractivity (Wildman–Crippen MR) is 85.3 cm³/mol. The molecule has 0 aliphatic carbocycles. The van der Waals surface area contributed by atoms with E-state index in [2.05, 4.69) is 34.0 Å². The van der Waals surface area contributed by atoms with Crippen molar-refractivity contribution >= 4 is 0 Å². The number of likely N-dealkylation sites (tertiary alicyclic amines) is 1. The fourth-order valence-electron chi connectivity index (χ4n) is 3.36. The topological polar surface area (TPSA) is 69.2 Å². The van der Waals surface area contributed by atoms with E-state index in [9.17, 15) is 0 Å². The summed E-state index contributed by atoms with van der Waals surface area (Å²) in [4.78, 5) is 2.38. The molecule has 1 aliphatic rings. The number of aryl methyl sites for hydroxylation is 2. The van der Waals surface area contributed by atoms with Crippen molar-refractivity contribution in [2.75, 3.05) is 13.7 Å². The summed E-state index contributed by atoms with van der Waals surface area (Å²) in [6.45, 7) is 7.83. The highest BCUT2D eigenvalue weighted by atomic mass is 16.5. The maximum Gasteiger partial charge on any atom is 0.230 e. The molecule has 3 rings (SSSR count). The highest BCUT2D eigenvalue weighted by Crippen LogP contribution is 2.39. The summed E-state index contributed by atoms with van der Waals surface area (Å²) in [5.41, 5.74) is 2.20. The second kappa shape index (κ2) is 6.31. The van der Waals surface area contributed by atoms with Crippen molar-refractivity contribution in [2.45, 2.75) is 52.1 Å². The van der Waals surface area contributed by atoms with Crippen molar-refractivity contribution < 1.29 is 9.15 Å². The lowest BCUT2D eigenvalue weighted by molar-refractivity contribution is 0.215. The molecule has 3 heterocycles. The minimum absolute atomic E-state index is 0.256. The Hall–Kier alpha value is -1.89. The third-order valence-corrected chi connectivity index (χ3v) is 4.42. The van der Waals surface area contributed by atoms with E-state index in [1.165, 1.54) is 5.56 Å². The number of rotatable bonds is 5. The normalized spacial score (nSPS) is 19.0. The Balaban J connectivity index is 1.83. The van der Waals surface area contributed by atoms with Crippen LogP contribution in [-0.4, -0.2) is 38.5 Å². The monoisotopic (exact) mass is 319 g/mol. The van der Waals surface area contributed by atoms with Gasteiger partial charge in [0.15, 0.2) is 0 Å². The van der Waals surface area contributed by atoms with Crippen LogP contribution in [-0.2, 0) is 13.6 Å². The summed E-state index contributed by atoms with van der Waals surface area (Å²) < 4.78 is 13.1. The average Bonchev–Trinajstić information content (AvgIpc) is 3.19. The molecule has 1 fully saturated rings. The molecule has 1 aliphatic heterocycles. The molecule has 0 aromatic carbocycles. The van der Waals surface area contributed by atoms with Crippen LogP contribution in [0.15, 0.2) is 4.42 Å². The van der Waals surface area contributed by atoms with E-state index in [4.69, 9.17) is 9.15 Å². The van der Waals surface area contributed by atoms with Crippen LogP contribution in [0.2, 0.25) is 0 Å². The van der Waals surface area contributed by atoms with E-state index >= 15 is 0 Å². The SMILES string of the molecule is COc1c([C@H]2CCCN2Cc2nnc(C(C)C)o2)c(C)nn1C. The maximum absolute atomic E-state index is 5.77. The molecule has 0 spiro atoms. The second-order valence-corrected chi connectivity index (χ2v) is 6.45. The largest absolute Gasteiger partial charge is 0.481 e. The number of hydrogen-bond acceptors (Lipinski definition) is 6. The lowest BCUT2D eigenvalue weighted by Crippen LogP contribution is -2.23. The first-order valence-electron chi connectivity index (χ1n) is 8.15. The zero-order valence-corrected chi connectivity index (χ0v) is 14.5. The van der Waals surface area contributed by atoms with Crippen molar-refractivity contribution in [1.29, 1.82) is 0 Å². The van der Waals surface area contributed by atoms with Gasteiger partial charge in [-0.1, -0.05) is 13.8 Å². The molecule has 0 bridgehead atoms. The fraction of sp³-hybridized carbons (Fsp3) is 0.688. The third-order valence-electron chi connectivity index (χ3n) is 4.42. The van der Waals surface area contributed by atoms with Gasteiger partial charge in [0.25, 0.3) is 0 Å². The Bertz CT molecular complexity index is 676. The fourth-order valence-corrected chi connectivity index (χ4v) is 3.36. The summed E-state index contributed by atoms with van der Waals surface area (Å²) in [7, 11) is 3.62. The molecule has 1 atom stereocenters. The molecule has 0 amide bonds. The summed E-state index contributed by atoms with van der Waals surface area (Å²) in [5.74, 6) is 2.48. The van der Waals surface area contributed by atoms with Crippen LogP contribution in [0, 0.1) is 6.92 Å². The molecule has 0 radical (unpaired) electrons. The molecule has 0 saturated carbocycles. The number of ether oxygens (including phenoxy) is 1. The predicted octanol–water partition coefficient (Wildman–Crippen LogP) is 2.58. The molecule has 126 valence electrons. The van der Waals surface area contributed by atoms with Gasteiger partial charge >= 0.3 is 0 Å². The van der Waals surface area contributed by atoms with Gasteiger partial charge < -0.3 is 9.15 Å². The van der Waals surface area contributed by atoms with Gasteiger partial charge in [0.1, 0.15) is 0 Å². The van der Waals surface area contributed by atoms with Crippen LogP contribution < -0.4 is 4.74 Å². The van der Waals surface area contributed by atoms with Gasteiger partial charge in [0.2, 0.25) is 17.7 Å². The van der Waals surface area contributed by atoms with Crippen molar-refractivity contribution in [3.8, 4) is 5.88 Å². The summed E-state index contributed by atoms with van der Waals surface area (Å²) >= 11 is 0. The van der Waals surface area contributed by atoms with Gasteiger partial charge in [-0.2, -0.15) is 5.10 Å². The molecule has 0 unspecified atom stereocenters. The average molecular weight is 319 g/mol. The van der Waals surface area contributed by atoms with Gasteiger partial charge in [0, 0.05) is 19.0 Å². The van der Waals surface area contributed by atoms with Crippen molar-refractivity contribution in [2.24, 2.45) is 7.05 Å². The van der Waals surface area contributed by atoms with E-state index < -0.39 is 0 Å². The third kappa shape index (κ3) is 2.97. The smallest absolute Gasteiger partial charge is 0.230 e. The second-order valence-electron chi connectivity index (χ2n) is 6.45.